The minimum atomic E-state index is -2.03. The van der Waals surface area contributed by atoms with Gasteiger partial charge in [-0.2, -0.15) is 0 Å². The third-order valence-corrected chi connectivity index (χ3v) is 5.61. The molecule has 0 spiro atoms. The smallest absolute Gasteiger partial charge is 0.304 e. The van der Waals surface area contributed by atoms with Crippen molar-refractivity contribution in [2.75, 3.05) is 13.2 Å². The molecule has 3 atom stereocenters. The van der Waals surface area contributed by atoms with Crippen LogP contribution in [0, 0.1) is 5.92 Å². The van der Waals surface area contributed by atoms with Crippen LogP contribution < -0.4 is 0 Å². The Morgan fingerprint density at radius 2 is 1.94 bits per heavy atom. The van der Waals surface area contributed by atoms with Crippen molar-refractivity contribution >= 4 is 29.1 Å². The fourth-order valence-electron chi connectivity index (χ4n) is 3.31. The number of nitrogens with zero attached hydrogens (tertiary/aromatic N) is 1. The van der Waals surface area contributed by atoms with Gasteiger partial charge in [-0.15, -0.1) is 0 Å². The molecule has 0 saturated heterocycles. The van der Waals surface area contributed by atoms with Crippen molar-refractivity contribution in [2.45, 2.75) is 46.3 Å². The Kier molecular flexibility index (Phi) is 7.81. The number of Topliss-reactive ketones (excluding diaryl/α,β-unsaturated/α-hetero) is 2. The number of halogens is 1. The van der Waals surface area contributed by atoms with Gasteiger partial charge in [0, 0.05) is 42.4 Å². The fourth-order valence-corrected chi connectivity index (χ4v) is 3.65. The second-order valence-corrected chi connectivity index (χ2v) is 8.26. The molecule has 2 N–H and O–H groups in total. The van der Waals surface area contributed by atoms with Crippen molar-refractivity contribution < 1.29 is 29.3 Å². The van der Waals surface area contributed by atoms with E-state index in [2.05, 4.69) is 0 Å². The van der Waals surface area contributed by atoms with Crippen molar-refractivity contribution in [1.82, 2.24) is 4.90 Å². The summed E-state index contributed by atoms with van der Waals surface area (Å²) in [4.78, 5) is 38.9. The zero-order valence-corrected chi connectivity index (χ0v) is 19.1. The lowest BCUT2D eigenvalue weighted by Gasteiger charge is -2.35. The first kappa shape index (κ1) is 24.8. The molecule has 0 aromatic carbocycles. The molecule has 0 amide bonds. The summed E-state index contributed by atoms with van der Waals surface area (Å²) in [6.45, 7) is 7.87. The monoisotopic (exact) mass is 449 g/mol. The molecular weight excluding hydrogens is 422 g/mol. The Bertz CT molecular complexity index is 940. The lowest BCUT2D eigenvalue weighted by atomic mass is 9.79. The van der Waals surface area contributed by atoms with Crippen LogP contribution in [0.4, 0.5) is 0 Å². The molecule has 0 unspecified atom stereocenters. The van der Waals surface area contributed by atoms with Crippen LogP contribution in [-0.4, -0.2) is 57.5 Å². The maximum absolute atomic E-state index is 13.1. The first-order chi connectivity index (χ1) is 14.4. The molecule has 2 aliphatic rings. The lowest BCUT2D eigenvalue weighted by Crippen LogP contribution is -2.52. The van der Waals surface area contributed by atoms with Gasteiger partial charge in [0.1, 0.15) is 0 Å². The van der Waals surface area contributed by atoms with Crippen LogP contribution in [-0.2, 0) is 19.1 Å². The number of ketones is 2. The summed E-state index contributed by atoms with van der Waals surface area (Å²) in [5.74, 6) is -2.25. The maximum Gasteiger partial charge on any atom is 0.304 e. The topological polar surface area (TPSA) is 104 Å². The molecular formula is C23H28ClNO6. The van der Waals surface area contributed by atoms with E-state index in [0.29, 0.717) is 5.70 Å². The third kappa shape index (κ3) is 5.23. The molecule has 0 bridgehead atoms. The first-order valence-corrected chi connectivity index (χ1v) is 10.3. The first-order valence-electron chi connectivity index (χ1n) is 9.97. The summed E-state index contributed by atoms with van der Waals surface area (Å²) in [6, 6.07) is 0. The summed E-state index contributed by atoms with van der Waals surface area (Å²) in [7, 11) is 0. The zero-order chi connectivity index (χ0) is 23.5. The summed E-state index contributed by atoms with van der Waals surface area (Å²) in [6.07, 6.45) is 8.14. The number of rotatable bonds is 7. The quantitative estimate of drug-likeness (QED) is 0.349. The van der Waals surface area contributed by atoms with E-state index in [4.69, 9.17) is 16.3 Å². The summed E-state index contributed by atoms with van der Waals surface area (Å²) in [5.41, 5.74) is -0.129. The SMILES string of the molecule is CC(=O)O[C@@]1(C)C(=O)C2=CN(CCO)C(C=CC(C)=C[C@@H](C)[C@@H](C)O)=CC2=C(Cl)C1=O. The molecule has 8 heteroatoms. The number of aliphatic hydroxyl groups excluding tert-OH is 2. The van der Waals surface area contributed by atoms with Crippen molar-refractivity contribution in [3.8, 4) is 0 Å². The van der Waals surface area contributed by atoms with E-state index in [1.54, 1.807) is 24.0 Å². The van der Waals surface area contributed by atoms with E-state index in [9.17, 15) is 24.6 Å². The van der Waals surface area contributed by atoms with Gasteiger partial charge in [-0.3, -0.25) is 14.4 Å². The molecule has 1 heterocycles. The van der Waals surface area contributed by atoms with Gasteiger partial charge >= 0.3 is 5.97 Å². The molecule has 0 aromatic rings. The normalized spacial score (nSPS) is 24.1. The molecule has 2 rings (SSSR count). The number of esters is 1. The number of ether oxygens (including phenoxy) is 1. The van der Waals surface area contributed by atoms with E-state index < -0.39 is 29.2 Å². The standard InChI is InChI=1S/C23H28ClNO6/c1-13(10-14(2)15(3)27)6-7-17-11-18-19(12-25(17)8-9-26)21(29)23(5,31-16(4)28)22(30)20(18)24/h6-7,10-12,14-15,26-27H,8-9H2,1-5H3/t14-,15-,23+/m1/s1. The average Bonchev–Trinajstić information content (AvgIpc) is 2.69. The summed E-state index contributed by atoms with van der Waals surface area (Å²) in [5, 5.41) is 18.9. The van der Waals surface area contributed by atoms with Gasteiger partial charge in [0.25, 0.3) is 0 Å². The van der Waals surface area contributed by atoms with E-state index in [1.165, 1.54) is 13.1 Å². The predicted octanol–water partition coefficient (Wildman–Crippen LogP) is 2.55. The molecule has 0 saturated carbocycles. The highest BCUT2D eigenvalue weighted by molar-refractivity contribution is 6.49. The highest BCUT2D eigenvalue weighted by Crippen LogP contribution is 2.39. The van der Waals surface area contributed by atoms with Crippen molar-refractivity contribution in [1.29, 1.82) is 0 Å². The van der Waals surface area contributed by atoms with Crippen molar-refractivity contribution in [3.63, 3.8) is 0 Å². The average molecular weight is 450 g/mol. The Morgan fingerprint density at radius 3 is 2.48 bits per heavy atom. The Balaban J connectivity index is 2.50. The van der Waals surface area contributed by atoms with Crippen LogP contribution >= 0.6 is 11.6 Å². The lowest BCUT2D eigenvalue weighted by molar-refractivity contribution is -0.167. The molecule has 31 heavy (non-hydrogen) atoms. The van der Waals surface area contributed by atoms with Gasteiger partial charge in [0.2, 0.25) is 17.2 Å². The van der Waals surface area contributed by atoms with Gasteiger partial charge in [-0.25, -0.2) is 0 Å². The Hall–Kier alpha value is -2.48. The zero-order valence-electron chi connectivity index (χ0n) is 18.3. The Labute approximate surface area is 187 Å². The highest BCUT2D eigenvalue weighted by atomic mass is 35.5. The fraction of sp³-hybridized carbons (Fsp3) is 0.435. The van der Waals surface area contributed by atoms with Gasteiger partial charge in [0.05, 0.1) is 17.7 Å². The number of allylic oxidation sites excluding steroid dienone is 5. The number of hydrogen-bond donors (Lipinski definition) is 2. The number of fused-ring (bicyclic) bond motifs is 1. The minimum absolute atomic E-state index is 0.0327. The largest absolute Gasteiger partial charge is 0.443 e. The molecule has 1 aliphatic heterocycles. The van der Waals surface area contributed by atoms with Crippen LogP contribution in [0.1, 0.15) is 34.6 Å². The van der Waals surface area contributed by atoms with Crippen molar-refractivity contribution in [2.24, 2.45) is 5.92 Å². The van der Waals surface area contributed by atoms with Crippen LogP contribution in [0.3, 0.4) is 0 Å². The van der Waals surface area contributed by atoms with Crippen LogP contribution in [0.2, 0.25) is 0 Å². The molecule has 168 valence electrons. The van der Waals surface area contributed by atoms with Gasteiger partial charge < -0.3 is 19.8 Å². The van der Waals surface area contributed by atoms with E-state index in [-0.39, 0.29) is 35.2 Å². The highest BCUT2D eigenvalue weighted by Gasteiger charge is 2.52. The molecule has 0 radical (unpaired) electrons. The van der Waals surface area contributed by atoms with Gasteiger partial charge in [0.15, 0.2) is 0 Å². The van der Waals surface area contributed by atoms with Crippen molar-refractivity contribution in [3.05, 3.63) is 58.0 Å². The molecule has 0 aromatic heterocycles. The molecule has 0 fully saturated rings. The summed E-state index contributed by atoms with van der Waals surface area (Å²) >= 11 is 6.30. The van der Waals surface area contributed by atoms with E-state index in [1.807, 2.05) is 26.0 Å². The number of hydrogen-bond acceptors (Lipinski definition) is 7. The van der Waals surface area contributed by atoms with Crippen LogP contribution in [0.15, 0.2) is 58.0 Å². The van der Waals surface area contributed by atoms with E-state index in [0.717, 1.165) is 12.5 Å². The van der Waals surface area contributed by atoms with Crippen LogP contribution in [0.25, 0.3) is 0 Å². The number of β-amino-alcohol motifs (C(OH)–C–C–N with tert-alkyl or cyclic N) is 1. The van der Waals surface area contributed by atoms with Gasteiger partial charge in [-0.1, -0.05) is 36.2 Å². The third-order valence-electron chi connectivity index (χ3n) is 5.24. The number of carbonyl (C=O) groups excluding carboxylic acids is 3. The molecule has 7 nitrogen and oxygen atoms in total. The maximum atomic E-state index is 13.1. The second-order valence-electron chi connectivity index (χ2n) is 7.89. The predicted molar refractivity (Wildman–Crippen MR) is 117 cm³/mol. The van der Waals surface area contributed by atoms with Crippen LogP contribution in [0.5, 0.6) is 0 Å². The number of aliphatic hydroxyl groups is 2. The van der Waals surface area contributed by atoms with Gasteiger partial charge in [-0.05, 0) is 32.9 Å². The molecule has 1 aliphatic carbocycles. The van der Waals surface area contributed by atoms with E-state index >= 15 is 0 Å². The summed E-state index contributed by atoms with van der Waals surface area (Å²) < 4.78 is 5.05. The Morgan fingerprint density at radius 1 is 1.29 bits per heavy atom. The second kappa shape index (κ2) is 9.77. The number of carbonyl (C=O) groups is 3. The minimum Gasteiger partial charge on any atom is -0.443 e.